The van der Waals surface area contributed by atoms with Crippen LogP contribution in [0.25, 0.3) is 0 Å². The summed E-state index contributed by atoms with van der Waals surface area (Å²) in [5.74, 6) is 1.91. The molecule has 21 heavy (non-hydrogen) atoms. The molecule has 0 heterocycles. The van der Waals surface area contributed by atoms with Crippen molar-refractivity contribution < 1.29 is 14.2 Å². The molecule has 0 amide bonds. The Kier molecular flexibility index (Phi) is 4.81. The van der Waals surface area contributed by atoms with Gasteiger partial charge in [-0.2, -0.15) is 0 Å². The zero-order valence-electron chi connectivity index (χ0n) is 12.1. The minimum absolute atomic E-state index is 0.613. The molecule has 2 rings (SSSR count). The van der Waals surface area contributed by atoms with Crippen LogP contribution in [-0.4, -0.2) is 21.3 Å². The number of hydrogen-bond acceptors (Lipinski definition) is 4. The van der Waals surface area contributed by atoms with Gasteiger partial charge in [0.1, 0.15) is 17.2 Å². The van der Waals surface area contributed by atoms with Gasteiger partial charge >= 0.3 is 0 Å². The van der Waals surface area contributed by atoms with E-state index in [1.807, 2.05) is 6.42 Å². The number of hydrogen-bond donors (Lipinski definition) is 1. The van der Waals surface area contributed by atoms with Crippen LogP contribution in [0.3, 0.4) is 0 Å². The van der Waals surface area contributed by atoms with E-state index in [4.69, 9.17) is 31.5 Å². The van der Waals surface area contributed by atoms with E-state index in [0.29, 0.717) is 28.0 Å². The van der Waals surface area contributed by atoms with Crippen molar-refractivity contribution in [2.24, 2.45) is 0 Å². The topological polar surface area (TPSA) is 53.7 Å². The average Bonchev–Trinajstić information content (AvgIpc) is 2.50. The lowest BCUT2D eigenvalue weighted by Gasteiger charge is -2.15. The van der Waals surface area contributed by atoms with Gasteiger partial charge in [0.25, 0.3) is 0 Å². The summed E-state index contributed by atoms with van der Waals surface area (Å²) in [6.45, 7) is 0. The molecule has 0 saturated carbocycles. The van der Waals surface area contributed by atoms with Crippen molar-refractivity contribution in [3.63, 3.8) is 0 Å². The number of anilines is 1. The van der Waals surface area contributed by atoms with Crippen molar-refractivity contribution in [2.45, 2.75) is 0 Å². The van der Waals surface area contributed by atoms with E-state index in [0.717, 1.165) is 11.1 Å². The molecular weight excluding hydrogens is 290 g/mol. The Hall–Kier alpha value is -2.07. The molecule has 2 aromatic carbocycles. The summed E-state index contributed by atoms with van der Waals surface area (Å²) in [5.41, 5.74) is 8.17. The fourth-order valence-corrected chi connectivity index (χ4v) is 2.18. The predicted molar refractivity (Wildman–Crippen MR) is 84.5 cm³/mol. The van der Waals surface area contributed by atoms with Gasteiger partial charge in [-0.05, 0) is 23.8 Å². The molecule has 0 fully saturated rings. The van der Waals surface area contributed by atoms with Crippen LogP contribution in [0.1, 0.15) is 11.1 Å². The number of methoxy groups -OCH3 is 3. The molecule has 0 saturated heterocycles. The van der Waals surface area contributed by atoms with Gasteiger partial charge in [0, 0.05) is 34.8 Å². The molecular formula is C16H17ClNO3. The largest absolute Gasteiger partial charge is 0.496 e. The Morgan fingerprint density at radius 1 is 0.952 bits per heavy atom. The second kappa shape index (κ2) is 6.59. The molecule has 0 spiro atoms. The molecule has 4 nitrogen and oxygen atoms in total. The summed E-state index contributed by atoms with van der Waals surface area (Å²) >= 11 is 6.02. The second-order valence-electron chi connectivity index (χ2n) is 4.36. The van der Waals surface area contributed by atoms with Crippen LogP contribution in [-0.2, 0) is 0 Å². The fraction of sp³-hybridized carbons (Fsp3) is 0.188. The number of nitrogens with two attached hydrogens (primary N) is 1. The Morgan fingerprint density at radius 3 is 2.10 bits per heavy atom. The lowest BCUT2D eigenvalue weighted by molar-refractivity contribution is 0.372. The molecule has 0 aliphatic rings. The average molecular weight is 307 g/mol. The summed E-state index contributed by atoms with van der Waals surface area (Å²) in [6, 6.07) is 8.87. The maximum atomic E-state index is 6.02. The molecule has 2 N–H and O–H groups in total. The summed E-state index contributed by atoms with van der Waals surface area (Å²) in [7, 11) is 4.77. The zero-order chi connectivity index (χ0) is 15.4. The van der Waals surface area contributed by atoms with Crippen LogP contribution in [0.5, 0.6) is 17.2 Å². The lowest BCUT2D eigenvalue weighted by Crippen LogP contribution is -2.00. The van der Waals surface area contributed by atoms with Gasteiger partial charge in [-0.25, -0.2) is 0 Å². The van der Waals surface area contributed by atoms with E-state index in [1.54, 1.807) is 51.7 Å². The molecule has 0 atom stereocenters. The SMILES string of the molecule is COc1cc(OC)c([CH]c2cc(Cl)ccc2N)c(OC)c1. The van der Waals surface area contributed by atoms with Gasteiger partial charge in [0.15, 0.2) is 0 Å². The minimum Gasteiger partial charge on any atom is -0.496 e. The van der Waals surface area contributed by atoms with Gasteiger partial charge in [0.05, 0.1) is 21.3 Å². The number of halogens is 1. The van der Waals surface area contributed by atoms with E-state index in [-0.39, 0.29) is 0 Å². The van der Waals surface area contributed by atoms with Crippen molar-refractivity contribution in [3.8, 4) is 17.2 Å². The van der Waals surface area contributed by atoms with Crippen LogP contribution in [0.2, 0.25) is 5.02 Å². The molecule has 0 aromatic heterocycles. The Morgan fingerprint density at radius 2 is 1.57 bits per heavy atom. The van der Waals surface area contributed by atoms with E-state index < -0.39 is 0 Å². The third-order valence-electron chi connectivity index (χ3n) is 3.10. The first kappa shape index (κ1) is 15.3. The third-order valence-corrected chi connectivity index (χ3v) is 3.34. The Balaban J connectivity index is 2.49. The van der Waals surface area contributed by atoms with Gasteiger partial charge in [0.2, 0.25) is 0 Å². The molecule has 0 aliphatic carbocycles. The highest BCUT2D eigenvalue weighted by Crippen LogP contribution is 2.37. The highest BCUT2D eigenvalue weighted by Gasteiger charge is 2.15. The molecule has 111 valence electrons. The fourth-order valence-electron chi connectivity index (χ4n) is 2.00. The molecule has 2 aromatic rings. The standard InChI is InChI=1S/C16H17ClNO3/c1-19-12-8-15(20-2)13(16(9-12)21-3)7-10-6-11(17)4-5-14(10)18/h4-9H,18H2,1-3H3. The van der Waals surface area contributed by atoms with Gasteiger partial charge in [-0.15, -0.1) is 0 Å². The maximum Gasteiger partial charge on any atom is 0.130 e. The van der Waals surface area contributed by atoms with E-state index >= 15 is 0 Å². The van der Waals surface area contributed by atoms with Gasteiger partial charge in [-0.1, -0.05) is 11.6 Å². The zero-order valence-corrected chi connectivity index (χ0v) is 12.9. The number of rotatable bonds is 5. The van der Waals surface area contributed by atoms with Gasteiger partial charge < -0.3 is 19.9 Å². The molecule has 1 radical (unpaired) electrons. The van der Waals surface area contributed by atoms with Crippen molar-refractivity contribution in [2.75, 3.05) is 27.1 Å². The van der Waals surface area contributed by atoms with Crippen LogP contribution in [0.4, 0.5) is 5.69 Å². The quantitative estimate of drug-likeness (QED) is 0.858. The minimum atomic E-state index is 0.613. The summed E-state index contributed by atoms with van der Waals surface area (Å²) < 4.78 is 16.0. The Bertz CT molecular complexity index is 618. The van der Waals surface area contributed by atoms with Crippen LogP contribution < -0.4 is 19.9 Å². The second-order valence-corrected chi connectivity index (χ2v) is 4.80. The van der Waals surface area contributed by atoms with Crippen molar-refractivity contribution in [1.82, 2.24) is 0 Å². The molecule has 0 bridgehead atoms. The number of benzene rings is 2. The summed E-state index contributed by atoms with van der Waals surface area (Å²) in [5, 5.41) is 0.613. The first-order chi connectivity index (χ1) is 10.1. The van der Waals surface area contributed by atoms with E-state index in [2.05, 4.69) is 0 Å². The molecule has 5 heteroatoms. The van der Waals surface area contributed by atoms with Gasteiger partial charge in [-0.3, -0.25) is 0 Å². The normalized spacial score (nSPS) is 10.3. The molecule has 0 unspecified atom stereocenters. The third kappa shape index (κ3) is 3.34. The van der Waals surface area contributed by atoms with Crippen LogP contribution in [0.15, 0.2) is 30.3 Å². The van der Waals surface area contributed by atoms with Crippen molar-refractivity contribution in [3.05, 3.63) is 52.9 Å². The first-order valence-electron chi connectivity index (χ1n) is 6.28. The monoisotopic (exact) mass is 306 g/mol. The predicted octanol–water partition coefficient (Wildman–Crippen LogP) is 3.55. The lowest BCUT2D eigenvalue weighted by atomic mass is 10.0. The smallest absolute Gasteiger partial charge is 0.130 e. The van der Waals surface area contributed by atoms with Crippen molar-refractivity contribution >= 4 is 17.3 Å². The van der Waals surface area contributed by atoms with Crippen LogP contribution >= 0.6 is 11.6 Å². The highest BCUT2D eigenvalue weighted by atomic mass is 35.5. The van der Waals surface area contributed by atoms with Crippen molar-refractivity contribution in [1.29, 1.82) is 0 Å². The summed E-state index contributed by atoms with van der Waals surface area (Å²) in [4.78, 5) is 0. The van der Waals surface area contributed by atoms with E-state index in [9.17, 15) is 0 Å². The van der Waals surface area contributed by atoms with E-state index in [1.165, 1.54) is 0 Å². The first-order valence-corrected chi connectivity index (χ1v) is 6.66. The number of nitrogen functional groups attached to an aromatic ring is 1. The highest BCUT2D eigenvalue weighted by molar-refractivity contribution is 6.30. The van der Waals surface area contributed by atoms with Crippen LogP contribution in [0, 0.1) is 6.42 Å². The maximum absolute atomic E-state index is 6.02. The Labute approximate surface area is 129 Å². The molecule has 0 aliphatic heterocycles. The summed E-state index contributed by atoms with van der Waals surface area (Å²) in [6.07, 6.45) is 1.87. The number of ether oxygens (including phenoxy) is 3.